The first-order valence-electron chi connectivity index (χ1n) is 11.2. The summed E-state index contributed by atoms with van der Waals surface area (Å²) in [6, 6.07) is 14.5. The van der Waals surface area contributed by atoms with E-state index >= 15 is 0 Å². The molecule has 1 heterocycles. The van der Waals surface area contributed by atoms with Crippen LogP contribution in [0.4, 0.5) is 4.39 Å². The van der Waals surface area contributed by atoms with Gasteiger partial charge < -0.3 is 24.1 Å². The van der Waals surface area contributed by atoms with Crippen LogP contribution in [0.3, 0.4) is 0 Å². The number of ether oxygens (including phenoxy) is 4. The summed E-state index contributed by atoms with van der Waals surface area (Å²) in [5, 5.41) is 19.0. The Morgan fingerprint density at radius 2 is 2.03 bits per heavy atom. The normalized spacial score (nSPS) is 17.6. The van der Waals surface area contributed by atoms with Crippen LogP contribution in [0.5, 0.6) is 28.7 Å². The number of esters is 1. The summed E-state index contributed by atoms with van der Waals surface area (Å²) in [6.45, 7) is 0.386. The van der Waals surface area contributed by atoms with Crippen molar-refractivity contribution in [3.63, 3.8) is 0 Å². The van der Waals surface area contributed by atoms with E-state index in [1.54, 1.807) is 12.1 Å². The van der Waals surface area contributed by atoms with E-state index in [1.807, 2.05) is 12.1 Å². The van der Waals surface area contributed by atoms with Crippen molar-refractivity contribution >= 4 is 5.97 Å². The third-order valence-electron chi connectivity index (χ3n) is 6.33. The minimum Gasteiger partial charge on any atom is -0.508 e. The summed E-state index contributed by atoms with van der Waals surface area (Å²) in [5.41, 5.74) is 2.20. The highest BCUT2D eigenvalue weighted by atomic mass is 19.1. The Labute approximate surface area is 201 Å². The molecular weight excluding hydrogens is 453 g/mol. The van der Waals surface area contributed by atoms with E-state index in [1.165, 1.54) is 37.4 Å². The van der Waals surface area contributed by atoms with Gasteiger partial charge in [-0.1, -0.05) is 6.07 Å². The maximum absolute atomic E-state index is 14.9. The molecule has 1 N–H and O–H groups in total. The zero-order chi connectivity index (χ0) is 24.5. The monoisotopic (exact) mass is 475 g/mol. The van der Waals surface area contributed by atoms with Crippen molar-refractivity contribution in [2.24, 2.45) is 0 Å². The molecule has 3 aromatic rings. The number of nitriles is 1. The molecule has 2 atom stereocenters. The molecule has 0 saturated heterocycles. The van der Waals surface area contributed by atoms with Crippen LogP contribution in [0.1, 0.15) is 47.1 Å². The van der Waals surface area contributed by atoms with Gasteiger partial charge in [-0.2, -0.15) is 5.26 Å². The smallest absolute Gasteiger partial charge is 0.306 e. The maximum Gasteiger partial charge on any atom is 0.306 e. The molecular formula is C27H22FNO6. The van der Waals surface area contributed by atoms with Gasteiger partial charge in [0.1, 0.15) is 46.7 Å². The summed E-state index contributed by atoms with van der Waals surface area (Å²) in [4.78, 5) is 11.6. The number of fused-ring (bicyclic) bond motifs is 2. The lowest BCUT2D eigenvalue weighted by Crippen LogP contribution is -2.09. The van der Waals surface area contributed by atoms with Gasteiger partial charge in [0, 0.05) is 34.7 Å². The van der Waals surface area contributed by atoms with Crippen molar-refractivity contribution in [2.75, 3.05) is 13.7 Å². The fourth-order valence-corrected chi connectivity index (χ4v) is 4.62. The van der Waals surface area contributed by atoms with Gasteiger partial charge in [-0.3, -0.25) is 4.79 Å². The summed E-state index contributed by atoms with van der Waals surface area (Å²) in [6.07, 6.45) is 0.808. The van der Waals surface area contributed by atoms with Gasteiger partial charge >= 0.3 is 5.97 Å². The Hall–Kier alpha value is -4.25. The summed E-state index contributed by atoms with van der Waals surface area (Å²) in [5.74, 6) is 1.10. The van der Waals surface area contributed by atoms with Crippen LogP contribution in [0.25, 0.3) is 0 Å². The van der Waals surface area contributed by atoms with Gasteiger partial charge in [-0.15, -0.1) is 0 Å². The lowest BCUT2D eigenvalue weighted by molar-refractivity contribution is -0.141. The van der Waals surface area contributed by atoms with Crippen LogP contribution in [0.2, 0.25) is 0 Å². The van der Waals surface area contributed by atoms with Gasteiger partial charge in [0.15, 0.2) is 0 Å². The molecule has 7 nitrogen and oxygen atoms in total. The van der Waals surface area contributed by atoms with Crippen LogP contribution in [-0.2, 0) is 16.0 Å². The van der Waals surface area contributed by atoms with Gasteiger partial charge in [0.25, 0.3) is 0 Å². The summed E-state index contributed by atoms with van der Waals surface area (Å²) < 4.78 is 37.5. The molecule has 0 amide bonds. The van der Waals surface area contributed by atoms with Gasteiger partial charge in [0.2, 0.25) is 0 Å². The maximum atomic E-state index is 14.9. The number of nitrogens with zero attached hydrogens (tertiary/aromatic N) is 1. The first-order chi connectivity index (χ1) is 17.0. The number of carbonyl (C=O) groups is 1. The Bertz CT molecular complexity index is 1350. The Morgan fingerprint density at radius 3 is 2.83 bits per heavy atom. The van der Waals surface area contributed by atoms with E-state index in [2.05, 4.69) is 0 Å². The topological polar surface area (TPSA) is 98.0 Å². The molecule has 178 valence electrons. The van der Waals surface area contributed by atoms with Crippen LogP contribution < -0.4 is 14.2 Å². The second-order valence-corrected chi connectivity index (χ2v) is 8.47. The molecule has 1 aliphatic carbocycles. The number of aromatic hydroxyl groups is 1. The average molecular weight is 475 g/mol. The number of carbonyl (C=O) groups excluding carboxylic acids is 1. The minimum absolute atomic E-state index is 0.0401. The fourth-order valence-electron chi connectivity index (χ4n) is 4.62. The van der Waals surface area contributed by atoms with Crippen LogP contribution >= 0.6 is 0 Å². The lowest BCUT2D eigenvalue weighted by Gasteiger charge is -2.17. The molecule has 3 aromatic carbocycles. The van der Waals surface area contributed by atoms with E-state index in [-0.39, 0.29) is 35.4 Å². The number of hydrogen-bond acceptors (Lipinski definition) is 7. The largest absolute Gasteiger partial charge is 0.508 e. The molecule has 0 aromatic heterocycles. The lowest BCUT2D eigenvalue weighted by atomic mass is 9.98. The number of rotatable bonds is 6. The molecule has 35 heavy (non-hydrogen) atoms. The molecule has 0 unspecified atom stereocenters. The number of methoxy groups -OCH3 is 1. The zero-order valence-electron chi connectivity index (χ0n) is 18.9. The molecule has 2 aliphatic rings. The van der Waals surface area contributed by atoms with Gasteiger partial charge in [-0.25, -0.2) is 4.39 Å². The van der Waals surface area contributed by atoms with Crippen molar-refractivity contribution < 1.29 is 33.2 Å². The highest BCUT2D eigenvalue weighted by molar-refractivity contribution is 5.71. The highest BCUT2D eigenvalue weighted by Crippen LogP contribution is 2.44. The van der Waals surface area contributed by atoms with E-state index in [0.29, 0.717) is 47.8 Å². The Kier molecular flexibility index (Phi) is 5.91. The Balaban J connectivity index is 1.37. The highest BCUT2D eigenvalue weighted by Gasteiger charge is 2.32. The van der Waals surface area contributed by atoms with Crippen molar-refractivity contribution in [2.45, 2.75) is 31.3 Å². The molecule has 0 fully saturated rings. The second-order valence-electron chi connectivity index (χ2n) is 8.47. The van der Waals surface area contributed by atoms with Crippen molar-refractivity contribution in [1.82, 2.24) is 0 Å². The van der Waals surface area contributed by atoms with Crippen LogP contribution in [-0.4, -0.2) is 24.8 Å². The molecule has 0 spiro atoms. The molecule has 0 radical (unpaired) electrons. The quantitative estimate of drug-likeness (QED) is 0.483. The average Bonchev–Trinajstić information content (AvgIpc) is 3.46. The Morgan fingerprint density at radius 1 is 1.20 bits per heavy atom. The molecule has 1 aliphatic heterocycles. The van der Waals surface area contributed by atoms with E-state index in [4.69, 9.17) is 18.9 Å². The number of hydrogen-bond donors (Lipinski definition) is 1. The first kappa shape index (κ1) is 22.5. The third kappa shape index (κ3) is 4.33. The molecule has 0 bridgehead atoms. The van der Waals surface area contributed by atoms with E-state index < -0.39 is 11.9 Å². The van der Waals surface area contributed by atoms with E-state index in [0.717, 1.165) is 5.56 Å². The van der Waals surface area contributed by atoms with Crippen molar-refractivity contribution in [3.05, 3.63) is 76.6 Å². The number of benzene rings is 3. The fraction of sp³-hybridized carbons (Fsp3) is 0.259. The molecule has 8 heteroatoms. The predicted octanol–water partition coefficient (Wildman–Crippen LogP) is 5.30. The van der Waals surface area contributed by atoms with Crippen LogP contribution in [0.15, 0.2) is 48.5 Å². The zero-order valence-corrected chi connectivity index (χ0v) is 18.9. The van der Waals surface area contributed by atoms with Crippen molar-refractivity contribution in [3.8, 4) is 34.8 Å². The van der Waals surface area contributed by atoms with Crippen LogP contribution in [0, 0.1) is 17.1 Å². The summed E-state index contributed by atoms with van der Waals surface area (Å²) >= 11 is 0. The SMILES string of the molecule is COC(=O)C[C@@H]1COc2cc(O[C@@H]3CCc4c(Oc5ccc(O)cc5C#N)ccc(F)c43)ccc21. The number of halogens is 1. The number of phenols is 1. The summed E-state index contributed by atoms with van der Waals surface area (Å²) in [7, 11) is 1.36. The van der Waals surface area contributed by atoms with E-state index in [9.17, 15) is 19.6 Å². The standard InChI is InChI=1S/C27H22FNO6/c1-32-26(31)11-16-14-33-25-12-18(3-4-19(16)25)34-24-8-5-20-23(9-6-21(28)27(20)24)35-22-7-2-17(30)10-15(22)13-29/h2-4,6-7,9-10,12,16,24,30H,5,8,11,14H2,1H3/t16-,24-/m1/s1. The van der Waals surface area contributed by atoms with Gasteiger partial charge in [0.05, 0.1) is 25.7 Å². The second kappa shape index (κ2) is 9.18. The first-order valence-corrected chi connectivity index (χ1v) is 11.2. The minimum atomic E-state index is -0.519. The molecule has 0 saturated carbocycles. The predicted molar refractivity (Wildman–Crippen MR) is 122 cm³/mol. The third-order valence-corrected chi connectivity index (χ3v) is 6.33. The molecule has 5 rings (SSSR count). The van der Waals surface area contributed by atoms with Crippen molar-refractivity contribution in [1.29, 1.82) is 5.26 Å². The number of phenolic OH excluding ortho intramolecular Hbond substituents is 1. The van der Waals surface area contributed by atoms with Gasteiger partial charge in [-0.05, 0) is 43.2 Å².